The third-order valence-electron chi connectivity index (χ3n) is 2.46. The van der Waals surface area contributed by atoms with Gasteiger partial charge in [-0.15, -0.1) is 5.10 Å². The number of esters is 1. The fraction of sp³-hybridized carbons (Fsp3) is 0.308. The molecule has 0 bridgehead atoms. The molecule has 5 nitrogen and oxygen atoms in total. The number of carbonyl (C=O) groups excluding carboxylic acids is 1. The van der Waals surface area contributed by atoms with Crippen molar-refractivity contribution < 1.29 is 18.7 Å². The maximum Gasteiger partial charge on any atom is 0.352 e. The van der Waals surface area contributed by atoms with Crippen molar-refractivity contribution in [3.63, 3.8) is 0 Å². The first-order chi connectivity index (χ1) is 9.72. The summed E-state index contributed by atoms with van der Waals surface area (Å²) in [4.78, 5) is 12.2. The van der Waals surface area contributed by atoms with Crippen molar-refractivity contribution in [3.8, 4) is 11.3 Å². The highest BCUT2D eigenvalue weighted by Crippen LogP contribution is 2.24. The third-order valence-corrected chi connectivity index (χ3v) is 3.16. The molecule has 0 atom stereocenters. The van der Waals surface area contributed by atoms with Crippen LogP contribution in [-0.4, -0.2) is 35.4 Å². The summed E-state index contributed by atoms with van der Waals surface area (Å²) in [6.45, 7) is 2.95. The highest BCUT2D eigenvalue weighted by molar-refractivity contribution is 7.08. The van der Waals surface area contributed by atoms with E-state index in [2.05, 4.69) is 9.59 Å². The van der Waals surface area contributed by atoms with E-state index in [1.807, 2.05) is 6.92 Å². The number of hydrogen-bond acceptors (Lipinski definition) is 6. The van der Waals surface area contributed by atoms with E-state index in [-0.39, 0.29) is 12.4 Å². The molecule has 0 aliphatic rings. The van der Waals surface area contributed by atoms with Crippen LogP contribution in [0.4, 0.5) is 4.39 Å². The molecule has 0 saturated heterocycles. The van der Waals surface area contributed by atoms with Crippen LogP contribution in [0.5, 0.6) is 0 Å². The standard InChI is InChI=1S/C13H13FN2O3S/c1-2-18-7-8-19-13(17)12-11(15-16-20-12)9-3-5-10(14)6-4-9/h3-6H,2,7-8H2,1H3. The number of aromatic nitrogens is 2. The minimum atomic E-state index is -0.501. The van der Waals surface area contributed by atoms with Gasteiger partial charge in [-0.2, -0.15) is 0 Å². The van der Waals surface area contributed by atoms with Gasteiger partial charge in [-0.3, -0.25) is 0 Å². The molecule has 0 spiro atoms. The first-order valence-corrected chi connectivity index (χ1v) is 6.83. The van der Waals surface area contributed by atoms with Crippen LogP contribution in [0.25, 0.3) is 11.3 Å². The molecule has 0 unspecified atom stereocenters. The number of carbonyl (C=O) groups is 1. The molecule has 0 aliphatic heterocycles. The van der Waals surface area contributed by atoms with E-state index in [0.29, 0.717) is 29.3 Å². The Morgan fingerprint density at radius 3 is 2.75 bits per heavy atom. The van der Waals surface area contributed by atoms with Gasteiger partial charge in [0.15, 0.2) is 4.88 Å². The molecule has 1 aromatic carbocycles. The van der Waals surface area contributed by atoms with Crippen LogP contribution in [0.2, 0.25) is 0 Å². The molecular weight excluding hydrogens is 283 g/mol. The average Bonchev–Trinajstić information content (AvgIpc) is 2.93. The Hall–Kier alpha value is -1.86. The Balaban J connectivity index is 2.08. The normalized spacial score (nSPS) is 10.5. The molecule has 0 fully saturated rings. The molecule has 0 saturated carbocycles. The summed E-state index contributed by atoms with van der Waals surface area (Å²) in [5.74, 6) is -0.850. The fourth-order valence-electron chi connectivity index (χ4n) is 1.52. The van der Waals surface area contributed by atoms with Gasteiger partial charge in [0.05, 0.1) is 6.61 Å². The number of halogens is 1. The molecular formula is C13H13FN2O3S. The summed E-state index contributed by atoms with van der Waals surface area (Å²) in [6, 6.07) is 5.70. The maximum absolute atomic E-state index is 12.9. The Kier molecular flexibility index (Phi) is 5.14. The summed E-state index contributed by atoms with van der Waals surface area (Å²) >= 11 is 0.950. The van der Waals surface area contributed by atoms with Crippen molar-refractivity contribution in [2.75, 3.05) is 19.8 Å². The van der Waals surface area contributed by atoms with E-state index in [0.717, 1.165) is 11.5 Å². The fourth-order valence-corrected chi connectivity index (χ4v) is 2.11. The largest absolute Gasteiger partial charge is 0.459 e. The molecule has 2 aromatic rings. The van der Waals surface area contributed by atoms with E-state index in [1.54, 1.807) is 12.1 Å². The van der Waals surface area contributed by atoms with Gasteiger partial charge in [-0.05, 0) is 42.7 Å². The maximum atomic E-state index is 12.9. The van der Waals surface area contributed by atoms with Crippen molar-refractivity contribution >= 4 is 17.5 Å². The van der Waals surface area contributed by atoms with Crippen LogP contribution in [0.15, 0.2) is 24.3 Å². The second kappa shape index (κ2) is 7.06. The summed E-state index contributed by atoms with van der Waals surface area (Å²) in [7, 11) is 0. The number of rotatable bonds is 6. The molecule has 0 radical (unpaired) electrons. The van der Waals surface area contributed by atoms with E-state index < -0.39 is 5.97 Å². The smallest absolute Gasteiger partial charge is 0.352 e. The van der Waals surface area contributed by atoms with Crippen LogP contribution in [0.3, 0.4) is 0 Å². The Morgan fingerprint density at radius 2 is 2.05 bits per heavy atom. The molecule has 2 rings (SSSR count). The van der Waals surface area contributed by atoms with Crippen LogP contribution in [-0.2, 0) is 9.47 Å². The van der Waals surface area contributed by atoms with Crippen LogP contribution < -0.4 is 0 Å². The SMILES string of the molecule is CCOCCOC(=O)c1snnc1-c1ccc(F)cc1. The third kappa shape index (κ3) is 3.58. The van der Waals surface area contributed by atoms with Crippen molar-refractivity contribution in [3.05, 3.63) is 35.0 Å². The minimum Gasteiger partial charge on any atom is -0.459 e. The summed E-state index contributed by atoms with van der Waals surface area (Å²) < 4.78 is 26.8. The van der Waals surface area contributed by atoms with E-state index in [9.17, 15) is 9.18 Å². The lowest BCUT2D eigenvalue weighted by molar-refractivity contribution is 0.0341. The Labute approximate surface area is 119 Å². The highest BCUT2D eigenvalue weighted by Gasteiger charge is 2.19. The zero-order valence-corrected chi connectivity index (χ0v) is 11.7. The second-order valence-electron chi connectivity index (χ2n) is 3.79. The van der Waals surface area contributed by atoms with Crippen LogP contribution in [0.1, 0.15) is 16.6 Å². The number of nitrogens with zero attached hydrogens (tertiary/aromatic N) is 2. The van der Waals surface area contributed by atoms with Gasteiger partial charge in [0.25, 0.3) is 0 Å². The van der Waals surface area contributed by atoms with Crippen molar-refractivity contribution in [1.82, 2.24) is 9.59 Å². The zero-order valence-electron chi connectivity index (χ0n) is 10.8. The topological polar surface area (TPSA) is 61.3 Å². The van der Waals surface area contributed by atoms with Gasteiger partial charge in [-0.1, -0.05) is 4.49 Å². The first-order valence-electron chi connectivity index (χ1n) is 6.05. The molecule has 0 aliphatic carbocycles. The molecule has 106 valence electrons. The lowest BCUT2D eigenvalue weighted by atomic mass is 10.1. The molecule has 1 heterocycles. The van der Waals surface area contributed by atoms with Gasteiger partial charge >= 0.3 is 5.97 Å². The lowest BCUT2D eigenvalue weighted by Crippen LogP contribution is -2.10. The van der Waals surface area contributed by atoms with Crippen LogP contribution in [0, 0.1) is 5.82 Å². The van der Waals surface area contributed by atoms with Gasteiger partial charge in [0, 0.05) is 12.2 Å². The molecule has 0 amide bonds. The number of benzene rings is 1. The van der Waals surface area contributed by atoms with Crippen LogP contribution >= 0.6 is 11.5 Å². The number of hydrogen-bond donors (Lipinski definition) is 0. The molecule has 1 aromatic heterocycles. The summed E-state index contributed by atoms with van der Waals surface area (Å²) in [5.41, 5.74) is 1.02. The predicted octanol–water partition coefficient (Wildman–Crippen LogP) is 2.54. The minimum absolute atomic E-state index is 0.174. The highest BCUT2D eigenvalue weighted by atomic mass is 32.1. The van der Waals surface area contributed by atoms with Crippen molar-refractivity contribution in [2.24, 2.45) is 0 Å². The monoisotopic (exact) mass is 296 g/mol. The lowest BCUT2D eigenvalue weighted by Gasteiger charge is -2.04. The Morgan fingerprint density at radius 1 is 1.30 bits per heavy atom. The van der Waals surface area contributed by atoms with Gasteiger partial charge in [-0.25, -0.2) is 9.18 Å². The van der Waals surface area contributed by atoms with Crippen molar-refractivity contribution in [2.45, 2.75) is 6.92 Å². The molecule has 20 heavy (non-hydrogen) atoms. The van der Waals surface area contributed by atoms with Gasteiger partial charge < -0.3 is 9.47 Å². The summed E-state index contributed by atoms with van der Waals surface area (Å²) in [6.07, 6.45) is 0. The van der Waals surface area contributed by atoms with E-state index in [4.69, 9.17) is 9.47 Å². The van der Waals surface area contributed by atoms with Crippen molar-refractivity contribution in [1.29, 1.82) is 0 Å². The predicted molar refractivity (Wildman–Crippen MR) is 72.1 cm³/mol. The van der Waals surface area contributed by atoms with Gasteiger partial charge in [0.2, 0.25) is 0 Å². The quantitative estimate of drug-likeness (QED) is 0.605. The first kappa shape index (κ1) is 14.5. The Bertz CT molecular complexity index is 571. The average molecular weight is 296 g/mol. The molecule has 0 N–H and O–H groups in total. The van der Waals surface area contributed by atoms with E-state index in [1.165, 1.54) is 12.1 Å². The van der Waals surface area contributed by atoms with Gasteiger partial charge in [0.1, 0.15) is 18.1 Å². The summed E-state index contributed by atoms with van der Waals surface area (Å²) in [5, 5.41) is 3.90. The molecule has 7 heteroatoms. The zero-order chi connectivity index (χ0) is 14.4. The second-order valence-corrected chi connectivity index (χ2v) is 4.54. The van der Waals surface area contributed by atoms with E-state index >= 15 is 0 Å². The number of ether oxygens (including phenoxy) is 2.